The normalized spacial score (nSPS) is 24.6. The Hall–Kier alpha value is -1.73. The quantitative estimate of drug-likeness (QED) is 0.820. The highest BCUT2D eigenvalue weighted by Gasteiger charge is 2.31. The van der Waals surface area contributed by atoms with Crippen LogP contribution in [0, 0.1) is 5.92 Å². The van der Waals surface area contributed by atoms with Crippen LogP contribution in [0.4, 0.5) is 5.69 Å². The summed E-state index contributed by atoms with van der Waals surface area (Å²) in [6.45, 7) is 9.50. The Bertz CT molecular complexity index is 783. The van der Waals surface area contributed by atoms with Crippen molar-refractivity contribution < 1.29 is 0 Å². The summed E-state index contributed by atoms with van der Waals surface area (Å²) < 4.78 is 1.88. The molecule has 2 aliphatic heterocycles. The molecule has 0 aromatic carbocycles. The maximum absolute atomic E-state index is 4.72. The van der Waals surface area contributed by atoms with Gasteiger partial charge in [-0.3, -0.25) is 4.90 Å². The molecule has 0 amide bonds. The second-order valence-electron chi connectivity index (χ2n) is 8.73. The van der Waals surface area contributed by atoms with E-state index in [2.05, 4.69) is 44.9 Å². The fourth-order valence-electron chi connectivity index (χ4n) is 4.79. The van der Waals surface area contributed by atoms with Crippen LogP contribution in [0.25, 0.3) is 5.65 Å². The number of fused-ring (bicyclic) bond motifs is 1. The zero-order chi connectivity index (χ0) is 18.4. The predicted octanol–water partition coefficient (Wildman–Crippen LogP) is 1.85. The number of nitrogens with zero attached hydrogens (tertiary/aromatic N) is 7. The van der Waals surface area contributed by atoms with Crippen LogP contribution >= 0.6 is 0 Å². The summed E-state index contributed by atoms with van der Waals surface area (Å²) in [6.07, 6.45) is 6.80. The van der Waals surface area contributed by atoms with Gasteiger partial charge in [0.25, 0.3) is 0 Å². The van der Waals surface area contributed by atoms with E-state index in [0.717, 1.165) is 24.7 Å². The van der Waals surface area contributed by atoms with Crippen molar-refractivity contribution in [3.05, 3.63) is 18.1 Å². The van der Waals surface area contributed by atoms with E-state index < -0.39 is 0 Å². The van der Waals surface area contributed by atoms with Crippen molar-refractivity contribution in [2.45, 2.75) is 44.6 Å². The maximum Gasteiger partial charge on any atom is 0.200 e. The van der Waals surface area contributed by atoms with Crippen molar-refractivity contribution in [3.8, 4) is 0 Å². The van der Waals surface area contributed by atoms with Crippen LogP contribution in [-0.2, 0) is 0 Å². The molecule has 0 spiro atoms. The molecule has 3 fully saturated rings. The van der Waals surface area contributed by atoms with E-state index in [9.17, 15) is 0 Å². The van der Waals surface area contributed by atoms with Crippen molar-refractivity contribution in [3.63, 3.8) is 0 Å². The van der Waals surface area contributed by atoms with Gasteiger partial charge in [-0.1, -0.05) is 0 Å². The van der Waals surface area contributed by atoms with E-state index >= 15 is 0 Å². The van der Waals surface area contributed by atoms with Crippen LogP contribution in [0.2, 0.25) is 0 Å². The van der Waals surface area contributed by atoms with Gasteiger partial charge in [0.05, 0.1) is 11.4 Å². The lowest BCUT2D eigenvalue weighted by Crippen LogP contribution is -2.51. The van der Waals surface area contributed by atoms with Crippen LogP contribution in [-0.4, -0.2) is 82.0 Å². The Balaban J connectivity index is 1.28. The van der Waals surface area contributed by atoms with Gasteiger partial charge in [-0.15, -0.1) is 10.2 Å². The second-order valence-corrected chi connectivity index (χ2v) is 8.73. The lowest BCUT2D eigenvalue weighted by molar-refractivity contribution is 0.0814. The van der Waals surface area contributed by atoms with Gasteiger partial charge in [0, 0.05) is 51.2 Å². The number of anilines is 1. The molecular formula is C20H31N7. The molecule has 0 N–H and O–H groups in total. The minimum absolute atomic E-state index is 0.644. The van der Waals surface area contributed by atoms with Crippen molar-refractivity contribution in [1.82, 2.24) is 29.6 Å². The molecule has 0 bridgehead atoms. The molecule has 2 aromatic heterocycles. The van der Waals surface area contributed by atoms with Gasteiger partial charge in [-0.05, 0) is 51.6 Å². The first-order valence-corrected chi connectivity index (χ1v) is 10.6. The molecule has 1 saturated carbocycles. The SMILES string of the molecule is CC(C1CCN(c2cc(C3CC3)nn3cnnc23)CC1)N1CCN(C)CC1. The highest BCUT2D eigenvalue weighted by Crippen LogP contribution is 2.40. The van der Waals surface area contributed by atoms with Crippen molar-refractivity contribution >= 4 is 11.3 Å². The Morgan fingerprint density at radius 1 is 1.00 bits per heavy atom. The Morgan fingerprint density at radius 3 is 2.44 bits per heavy atom. The monoisotopic (exact) mass is 369 g/mol. The van der Waals surface area contributed by atoms with Gasteiger partial charge < -0.3 is 9.80 Å². The summed E-state index contributed by atoms with van der Waals surface area (Å²) in [5.74, 6) is 1.44. The van der Waals surface area contributed by atoms with E-state index in [1.54, 1.807) is 6.33 Å². The highest BCUT2D eigenvalue weighted by atomic mass is 15.4. The van der Waals surface area contributed by atoms with Crippen molar-refractivity contribution in [2.24, 2.45) is 5.92 Å². The molecule has 2 aromatic rings. The van der Waals surface area contributed by atoms with E-state index in [0.29, 0.717) is 12.0 Å². The largest absolute Gasteiger partial charge is 0.368 e. The molecule has 1 atom stereocenters. The summed E-state index contributed by atoms with van der Waals surface area (Å²) in [5, 5.41) is 13.2. The molecule has 1 unspecified atom stereocenters. The molecule has 5 rings (SSSR count). The number of rotatable bonds is 4. The van der Waals surface area contributed by atoms with Gasteiger partial charge in [0.1, 0.15) is 6.33 Å². The average Bonchev–Trinajstić information content (AvgIpc) is 3.45. The van der Waals surface area contributed by atoms with E-state index in [-0.39, 0.29) is 0 Å². The topological polar surface area (TPSA) is 52.8 Å². The third-order valence-corrected chi connectivity index (χ3v) is 6.94. The number of likely N-dealkylation sites (N-methyl/N-ethyl adjacent to an activating group) is 1. The van der Waals surface area contributed by atoms with Crippen molar-refractivity contribution in [1.29, 1.82) is 0 Å². The molecule has 2 saturated heterocycles. The molecule has 7 nitrogen and oxygen atoms in total. The number of piperazine rings is 1. The van der Waals surface area contributed by atoms with E-state index in [1.165, 1.54) is 63.2 Å². The summed E-state index contributed by atoms with van der Waals surface area (Å²) in [5.41, 5.74) is 3.35. The third kappa shape index (κ3) is 3.43. The number of aromatic nitrogens is 4. The van der Waals surface area contributed by atoms with Crippen LogP contribution in [0.1, 0.15) is 44.2 Å². The predicted molar refractivity (Wildman–Crippen MR) is 106 cm³/mol. The number of piperidine rings is 1. The van der Waals surface area contributed by atoms with Crippen molar-refractivity contribution in [2.75, 3.05) is 51.2 Å². The third-order valence-electron chi connectivity index (χ3n) is 6.94. The smallest absolute Gasteiger partial charge is 0.200 e. The summed E-state index contributed by atoms with van der Waals surface area (Å²) in [4.78, 5) is 7.66. The van der Waals surface area contributed by atoms with Crippen LogP contribution in [0.3, 0.4) is 0 Å². The number of hydrogen-bond donors (Lipinski definition) is 0. The summed E-state index contributed by atoms with van der Waals surface area (Å²) >= 11 is 0. The van der Waals surface area contributed by atoms with E-state index in [4.69, 9.17) is 5.10 Å². The molecule has 146 valence electrons. The summed E-state index contributed by atoms with van der Waals surface area (Å²) in [7, 11) is 2.23. The van der Waals surface area contributed by atoms with Gasteiger partial charge in [0.2, 0.25) is 5.65 Å². The van der Waals surface area contributed by atoms with Crippen LogP contribution in [0.5, 0.6) is 0 Å². The zero-order valence-corrected chi connectivity index (χ0v) is 16.6. The van der Waals surface area contributed by atoms with Gasteiger partial charge in [-0.2, -0.15) is 9.61 Å². The molecule has 7 heteroatoms. The first-order valence-electron chi connectivity index (χ1n) is 10.6. The molecular weight excluding hydrogens is 338 g/mol. The Morgan fingerprint density at radius 2 is 1.74 bits per heavy atom. The minimum Gasteiger partial charge on any atom is -0.368 e. The molecule has 27 heavy (non-hydrogen) atoms. The fourth-order valence-corrected chi connectivity index (χ4v) is 4.79. The first kappa shape index (κ1) is 17.4. The molecule has 4 heterocycles. The lowest BCUT2D eigenvalue weighted by atomic mass is 9.89. The molecule has 1 aliphatic carbocycles. The molecule has 0 radical (unpaired) electrons. The number of hydrogen-bond acceptors (Lipinski definition) is 6. The van der Waals surface area contributed by atoms with Gasteiger partial charge in [-0.25, -0.2) is 0 Å². The maximum atomic E-state index is 4.72. The lowest BCUT2D eigenvalue weighted by Gasteiger charge is -2.43. The highest BCUT2D eigenvalue weighted by molar-refractivity contribution is 5.68. The Labute approximate surface area is 161 Å². The molecule has 3 aliphatic rings. The van der Waals surface area contributed by atoms with Gasteiger partial charge >= 0.3 is 0 Å². The first-order chi connectivity index (χ1) is 13.2. The Kier molecular flexibility index (Phi) is 4.52. The average molecular weight is 370 g/mol. The van der Waals surface area contributed by atoms with Gasteiger partial charge in [0.15, 0.2) is 0 Å². The standard InChI is InChI=1S/C20H31N7/c1-15(25-11-9-24(2)10-12-25)16-5-7-26(8-6-16)19-13-18(17-3-4-17)23-27-14-21-22-20(19)27/h13-17H,3-12H2,1-2H3. The minimum atomic E-state index is 0.644. The fraction of sp³-hybridized carbons (Fsp3) is 0.750. The van der Waals surface area contributed by atoms with E-state index in [1.807, 2.05) is 4.52 Å². The zero-order valence-electron chi connectivity index (χ0n) is 16.6. The van der Waals surface area contributed by atoms with Crippen LogP contribution < -0.4 is 4.90 Å². The second kappa shape index (κ2) is 7.02. The van der Waals surface area contributed by atoms with Crippen LogP contribution in [0.15, 0.2) is 12.4 Å². The summed E-state index contributed by atoms with van der Waals surface area (Å²) in [6, 6.07) is 2.97.